The molecule has 8 heteroatoms. The second-order valence-electron chi connectivity index (χ2n) is 2.76. The molecule has 1 unspecified atom stereocenters. The van der Waals surface area contributed by atoms with E-state index in [1.165, 1.54) is 0 Å². The van der Waals surface area contributed by atoms with Crippen molar-refractivity contribution in [1.29, 1.82) is 0 Å². The summed E-state index contributed by atoms with van der Waals surface area (Å²) in [5.41, 5.74) is 5.06. The molecule has 2 N–H and O–H groups in total. The maximum Gasteiger partial charge on any atom is 0.396 e. The van der Waals surface area contributed by atoms with Crippen molar-refractivity contribution in [2.45, 2.75) is 24.3 Å². The van der Waals surface area contributed by atoms with E-state index in [9.17, 15) is 9.59 Å². The third-order valence-corrected chi connectivity index (χ3v) is 2.49. The molecule has 1 rings (SSSR count). The van der Waals surface area contributed by atoms with E-state index in [-0.39, 0.29) is 17.7 Å². The third kappa shape index (κ3) is 3.23. The van der Waals surface area contributed by atoms with E-state index in [0.717, 1.165) is 11.8 Å². The Morgan fingerprint density at radius 1 is 1.56 bits per heavy atom. The largest absolute Gasteiger partial charge is 0.459 e. The zero-order chi connectivity index (χ0) is 12.1. The summed E-state index contributed by atoms with van der Waals surface area (Å²) >= 11 is 0.985. The van der Waals surface area contributed by atoms with Gasteiger partial charge in [-0.05, 0) is 13.8 Å². The van der Waals surface area contributed by atoms with Crippen LogP contribution in [0.5, 0.6) is 0 Å². The predicted molar refractivity (Wildman–Crippen MR) is 54.8 cm³/mol. The molecule has 1 atom stereocenters. The van der Waals surface area contributed by atoms with Gasteiger partial charge in [-0.15, -0.1) is 5.10 Å². The Bertz CT molecular complexity index is 392. The fourth-order valence-corrected chi connectivity index (χ4v) is 1.38. The van der Waals surface area contributed by atoms with Crippen LogP contribution in [0.15, 0.2) is 9.64 Å². The molecular weight excluding hydrogens is 234 g/mol. The first-order valence-electron chi connectivity index (χ1n) is 4.51. The molecule has 0 spiro atoms. The van der Waals surface area contributed by atoms with Crippen LogP contribution in [-0.4, -0.2) is 33.9 Å². The topological polar surface area (TPSA) is 108 Å². The second kappa shape index (κ2) is 5.50. The number of amides is 1. The number of ether oxygens (including phenoxy) is 1. The van der Waals surface area contributed by atoms with Crippen molar-refractivity contribution in [3.8, 4) is 0 Å². The first-order valence-corrected chi connectivity index (χ1v) is 5.39. The minimum absolute atomic E-state index is 0.106. The van der Waals surface area contributed by atoms with Gasteiger partial charge in [0.05, 0.1) is 11.9 Å². The summed E-state index contributed by atoms with van der Waals surface area (Å²) in [6, 6.07) is 0. The lowest BCUT2D eigenvalue weighted by molar-refractivity contribution is -0.117. The van der Waals surface area contributed by atoms with Crippen LogP contribution in [0, 0.1) is 0 Å². The minimum atomic E-state index is -0.687. The van der Waals surface area contributed by atoms with Crippen molar-refractivity contribution in [3.05, 3.63) is 5.89 Å². The zero-order valence-electron chi connectivity index (χ0n) is 8.80. The number of hydrogen-bond acceptors (Lipinski definition) is 7. The highest BCUT2D eigenvalue weighted by atomic mass is 32.2. The predicted octanol–water partition coefficient (Wildman–Crippen LogP) is 0.212. The Hall–Kier alpha value is -1.57. The highest BCUT2D eigenvalue weighted by molar-refractivity contribution is 8.00. The summed E-state index contributed by atoms with van der Waals surface area (Å²) in [6.07, 6.45) is 0. The van der Waals surface area contributed by atoms with Crippen molar-refractivity contribution in [3.63, 3.8) is 0 Å². The second-order valence-corrected chi connectivity index (χ2v) is 4.05. The summed E-state index contributed by atoms with van der Waals surface area (Å²) in [5, 5.41) is 6.66. The van der Waals surface area contributed by atoms with E-state index >= 15 is 0 Å². The van der Waals surface area contributed by atoms with E-state index in [4.69, 9.17) is 10.2 Å². The van der Waals surface area contributed by atoms with Gasteiger partial charge in [0, 0.05) is 0 Å². The van der Waals surface area contributed by atoms with Gasteiger partial charge in [0.25, 0.3) is 5.22 Å². The normalized spacial score (nSPS) is 12.1. The summed E-state index contributed by atoms with van der Waals surface area (Å²) in [6.45, 7) is 3.49. The third-order valence-electron chi connectivity index (χ3n) is 1.53. The molecule has 1 heterocycles. The fourth-order valence-electron chi connectivity index (χ4n) is 0.742. The fraction of sp³-hybridized carbons (Fsp3) is 0.500. The van der Waals surface area contributed by atoms with Gasteiger partial charge < -0.3 is 14.9 Å². The van der Waals surface area contributed by atoms with Gasteiger partial charge in [0.15, 0.2) is 0 Å². The Morgan fingerprint density at radius 2 is 2.25 bits per heavy atom. The number of rotatable bonds is 5. The van der Waals surface area contributed by atoms with Gasteiger partial charge in [0.2, 0.25) is 5.91 Å². The molecule has 0 bridgehead atoms. The molecule has 0 fully saturated rings. The van der Waals surface area contributed by atoms with Gasteiger partial charge in [-0.1, -0.05) is 16.9 Å². The molecule has 0 aliphatic heterocycles. The van der Waals surface area contributed by atoms with E-state index in [1.54, 1.807) is 13.8 Å². The standard InChI is InChI=1S/C8H11N3O4S/c1-3-14-7(13)6-10-11-8(15-6)16-4(2)5(9)12/h4H,3H2,1-2H3,(H2,9,12). The Kier molecular flexibility index (Phi) is 4.29. The molecule has 1 aromatic rings. The minimum Gasteiger partial charge on any atom is -0.459 e. The van der Waals surface area contributed by atoms with Crippen LogP contribution >= 0.6 is 11.8 Å². The molecule has 0 saturated heterocycles. The number of carbonyl (C=O) groups is 2. The lowest BCUT2D eigenvalue weighted by Gasteiger charge is -2.00. The van der Waals surface area contributed by atoms with Crippen LogP contribution in [0.4, 0.5) is 0 Å². The quantitative estimate of drug-likeness (QED) is 0.583. The summed E-state index contributed by atoms with van der Waals surface area (Å²) in [5.74, 6) is -1.42. The molecule has 0 radical (unpaired) electrons. The molecule has 0 aliphatic carbocycles. The Morgan fingerprint density at radius 3 is 2.81 bits per heavy atom. The van der Waals surface area contributed by atoms with Crippen LogP contribution in [-0.2, 0) is 9.53 Å². The summed E-state index contributed by atoms with van der Waals surface area (Å²) in [4.78, 5) is 21.9. The van der Waals surface area contributed by atoms with Crippen LogP contribution in [0.2, 0.25) is 0 Å². The number of primary amides is 1. The van der Waals surface area contributed by atoms with Crippen molar-refractivity contribution >= 4 is 23.6 Å². The van der Waals surface area contributed by atoms with E-state index in [0.29, 0.717) is 0 Å². The van der Waals surface area contributed by atoms with Crippen LogP contribution < -0.4 is 5.73 Å². The first kappa shape index (κ1) is 12.5. The van der Waals surface area contributed by atoms with Gasteiger partial charge in [-0.3, -0.25) is 4.79 Å². The van der Waals surface area contributed by atoms with Crippen LogP contribution in [0.3, 0.4) is 0 Å². The van der Waals surface area contributed by atoms with E-state index in [1.807, 2.05) is 0 Å². The maximum atomic E-state index is 11.2. The van der Waals surface area contributed by atoms with Gasteiger partial charge in [0.1, 0.15) is 0 Å². The van der Waals surface area contributed by atoms with Gasteiger partial charge in [-0.25, -0.2) is 4.79 Å². The summed E-state index contributed by atoms with van der Waals surface area (Å²) < 4.78 is 9.63. The molecule has 0 aliphatic rings. The molecule has 16 heavy (non-hydrogen) atoms. The SMILES string of the molecule is CCOC(=O)c1nnc(SC(C)C(N)=O)o1. The Balaban J connectivity index is 2.64. The first-order chi connectivity index (χ1) is 7.54. The van der Waals surface area contributed by atoms with Crippen molar-refractivity contribution in [1.82, 2.24) is 10.2 Å². The van der Waals surface area contributed by atoms with Crippen molar-refractivity contribution in [2.24, 2.45) is 5.73 Å². The average Bonchev–Trinajstić information content (AvgIpc) is 2.66. The molecular formula is C8H11N3O4S. The van der Waals surface area contributed by atoms with E-state index < -0.39 is 17.1 Å². The van der Waals surface area contributed by atoms with Gasteiger partial charge in [-0.2, -0.15) is 0 Å². The average molecular weight is 245 g/mol. The number of carbonyl (C=O) groups excluding carboxylic acids is 2. The number of thioether (sulfide) groups is 1. The maximum absolute atomic E-state index is 11.2. The number of esters is 1. The number of aromatic nitrogens is 2. The highest BCUT2D eigenvalue weighted by Gasteiger charge is 2.19. The highest BCUT2D eigenvalue weighted by Crippen LogP contribution is 2.21. The molecule has 0 saturated carbocycles. The van der Waals surface area contributed by atoms with Crippen LogP contribution in [0.1, 0.15) is 24.5 Å². The smallest absolute Gasteiger partial charge is 0.396 e. The Labute approximate surface area is 95.7 Å². The molecule has 88 valence electrons. The molecule has 0 aromatic carbocycles. The number of nitrogens with two attached hydrogens (primary N) is 1. The van der Waals surface area contributed by atoms with Gasteiger partial charge >= 0.3 is 11.9 Å². The lowest BCUT2D eigenvalue weighted by atomic mass is 10.5. The zero-order valence-corrected chi connectivity index (χ0v) is 9.61. The molecule has 1 aromatic heterocycles. The van der Waals surface area contributed by atoms with E-state index in [2.05, 4.69) is 14.9 Å². The number of hydrogen-bond donors (Lipinski definition) is 1. The summed E-state index contributed by atoms with van der Waals surface area (Å²) in [7, 11) is 0. The van der Waals surface area contributed by atoms with Crippen LogP contribution in [0.25, 0.3) is 0 Å². The number of nitrogens with zero attached hydrogens (tertiary/aromatic N) is 2. The van der Waals surface area contributed by atoms with Crippen molar-refractivity contribution in [2.75, 3.05) is 6.61 Å². The lowest BCUT2D eigenvalue weighted by Crippen LogP contribution is -2.22. The monoisotopic (exact) mass is 245 g/mol. The molecule has 1 amide bonds. The van der Waals surface area contributed by atoms with Crippen molar-refractivity contribution < 1.29 is 18.7 Å². The molecule has 7 nitrogen and oxygen atoms in total.